The summed E-state index contributed by atoms with van der Waals surface area (Å²) in [7, 11) is 1.67. The zero-order valence-corrected chi connectivity index (χ0v) is 11.5. The fourth-order valence-corrected chi connectivity index (χ4v) is 1.75. The molecule has 3 N–H and O–H groups in total. The molecule has 108 valence electrons. The Hall–Kier alpha value is -1.14. The van der Waals surface area contributed by atoms with Gasteiger partial charge in [0.1, 0.15) is 12.4 Å². The maximum atomic E-state index is 8.98. The Morgan fingerprint density at radius 3 is 2.68 bits per heavy atom. The molecule has 0 heterocycles. The van der Waals surface area contributed by atoms with Crippen LogP contribution in [0.1, 0.15) is 5.56 Å². The van der Waals surface area contributed by atoms with E-state index >= 15 is 0 Å². The van der Waals surface area contributed by atoms with Gasteiger partial charge in [0, 0.05) is 33.3 Å². The first-order valence-electron chi connectivity index (χ1n) is 6.54. The maximum Gasteiger partial charge on any atom is 0.119 e. The second-order valence-electron chi connectivity index (χ2n) is 4.26. The van der Waals surface area contributed by atoms with Crippen molar-refractivity contribution < 1.29 is 14.6 Å². The third kappa shape index (κ3) is 6.54. The summed E-state index contributed by atoms with van der Waals surface area (Å²) in [6, 6.07) is 7.79. The molecule has 0 aliphatic rings. The molecule has 0 spiro atoms. The Morgan fingerprint density at radius 2 is 2.00 bits per heavy atom. The quantitative estimate of drug-likeness (QED) is 0.645. The molecule has 1 rings (SSSR count). The van der Waals surface area contributed by atoms with E-state index in [-0.39, 0.29) is 6.61 Å². The van der Waals surface area contributed by atoms with Gasteiger partial charge < -0.3 is 20.3 Å². The molecular formula is C14H24N2O3. The molecule has 0 aliphatic carbocycles. The molecule has 0 aromatic heterocycles. The third-order valence-corrected chi connectivity index (χ3v) is 2.84. The number of hydrogen-bond donors (Lipinski definition) is 2. The van der Waals surface area contributed by atoms with Crippen LogP contribution in [-0.2, 0) is 11.3 Å². The van der Waals surface area contributed by atoms with Crippen molar-refractivity contribution in [1.82, 2.24) is 4.90 Å². The van der Waals surface area contributed by atoms with Crippen LogP contribution < -0.4 is 10.5 Å². The van der Waals surface area contributed by atoms with Crippen molar-refractivity contribution in [3.8, 4) is 5.75 Å². The van der Waals surface area contributed by atoms with E-state index in [1.54, 1.807) is 7.11 Å². The zero-order chi connectivity index (χ0) is 13.9. The minimum Gasteiger partial charge on any atom is -0.492 e. The van der Waals surface area contributed by atoms with Crippen LogP contribution in [0.25, 0.3) is 0 Å². The first kappa shape index (κ1) is 15.9. The number of nitrogens with zero attached hydrogens (tertiary/aromatic N) is 1. The van der Waals surface area contributed by atoms with Crippen LogP contribution in [0.3, 0.4) is 0 Å². The van der Waals surface area contributed by atoms with Crippen molar-refractivity contribution in [3.05, 3.63) is 29.8 Å². The number of aliphatic hydroxyl groups is 1. The van der Waals surface area contributed by atoms with Crippen molar-refractivity contribution >= 4 is 0 Å². The number of methoxy groups -OCH3 is 1. The summed E-state index contributed by atoms with van der Waals surface area (Å²) >= 11 is 0. The molecule has 0 fully saturated rings. The van der Waals surface area contributed by atoms with Crippen LogP contribution >= 0.6 is 0 Å². The number of rotatable bonds is 10. The molecule has 1 aromatic rings. The second kappa shape index (κ2) is 9.75. The van der Waals surface area contributed by atoms with E-state index in [2.05, 4.69) is 4.90 Å². The van der Waals surface area contributed by atoms with Crippen LogP contribution in [0.4, 0.5) is 0 Å². The predicted octanol–water partition coefficient (Wildman–Crippen LogP) is 0.465. The van der Waals surface area contributed by atoms with Crippen LogP contribution in [0, 0.1) is 0 Å². The molecule has 0 aliphatic heterocycles. The highest BCUT2D eigenvalue weighted by Crippen LogP contribution is 2.12. The molecule has 0 saturated carbocycles. The van der Waals surface area contributed by atoms with Gasteiger partial charge in [-0.3, -0.25) is 4.90 Å². The summed E-state index contributed by atoms with van der Waals surface area (Å²) in [4.78, 5) is 2.11. The number of aliphatic hydroxyl groups excluding tert-OH is 1. The van der Waals surface area contributed by atoms with E-state index < -0.39 is 0 Å². The van der Waals surface area contributed by atoms with Gasteiger partial charge >= 0.3 is 0 Å². The molecule has 0 unspecified atom stereocenters. The van der Waals surface area contributed by atoms with Crippen molar-refractivity contribution in [1.29, 1.82) is 0 Å². The van der Waals surface area contributed by atoms with Crippen LogP contribution in [-0.4, -0.2) is 56.6 Å². The van der Waals surface area contributed by atoms with Crippen molar-refractivity contribution in [3.63, 3.8) is 0 Å². The van der Waals surface area contributed by atoms with Gasteiger partial charge in [-0.1, -0.05) is 12.1 Å². The van der Waals surface area contributed by atoms with Gasteiger partial charge in [0.25, 0.3) is 0 Å². The Kier molecular flexibility index (Phi) is 8.16. The van der Waals surface area contributed by atoms with Crippen LogP contribution in [0.15, 0.2) is 24.3 Å². The lowest BCUT2D eigenvalue weighted by atomic mass is 10.2. The van der Waals surface area contributed by atoms with Gasteiger partial charge in [0.2, 0.25) is 0 Å². The van der Waals surface area contributed by atoms with Crippen LogP contribution in [0.5, 0.6) is 5.75 Å². The predicted molar refractivity (Wildman–Crippen MR) is 75.2 cm³/mol. The largest absolute Gasteiger partial charge is 0.492 e. The van der Waals surface area contributed by atoms with Crippen molar-refractivity contribution in [2.24, 2.45) is 5.73 Å². The fourth-order valence-electron chi connectivity index (χ4n) is 1.75. The third-order valence-electron chi connectivity index (χ3n) is 2.84. The summed E-state index contributed by atoms with van der Waals surface area (Å²) in [5, 5.41) is 8.98. The Bertz CT molecular complexity index is 347. The zero-order valence-electron chi connectivity index (χ0n) is 11.5. The molecule has 5 heteroatoms. The van der Waals surface area contributed by atoms with Crippen LogP contribution in [0.2, 0.25) is 0 Å². The highest BCUT2D eigenvalue weighted by Gasteiger charge is 2.04. The van der Waals surface area contributed by atoms with Gasteiger partial charge in [-0.05, 0) is 17.7 Å². The average Bonchev–Trinajstić information content (AvgIpc) is 2.45. The van der Waals surface area contributed by atoms with E-state index in [0.29, 0.717) is 26.3 Å². The average molecular weight is 268 g/mol. The Balaban J connectivity index is 2.33. The number of hydrogen-bond acceptors (Lipinski definition) is 5. The summed E-state index contributed by atoms with van der Waals surface area (Å²) in [6.45, 7) is 4.09. The van der Waals surface area contributed by atoms with Gasteiger partial charge in [-0.15, -0.1) is 0 Å². The molecule has 0 saturated heterocycles. The van der Waals surface area contributed by atoms with Gasteiger partial charge in [0.15, 0.2) is 0 Å². The van der Waals surface area contributed by atoms with E-state index in [9.17, 15) is 0 Å². The monoisotopic (exact) mass is 268 g/mol. The van der Waals surface area contributed by atoms with Crippen molar-refractivity contribution in [2.45, 2.75) is 6.54 Å². The minimum absolute atomic E-state index is 0.145. The molecule has 19 heavy (non-hydrogen) atoms. The molecular weight excluding hydrogens is 244 g/mol. The number of benzene rings is 1. The molecule has 0 radical (unpaired) electrons. The number of nitrogens with two attached hydrogens (primary N) is 1. The number of ether oxygens (including phenoxy) is 2. The SMILES string of the molecule is COCCN(CCO)CCOc1cccc(CN)c1. The first-order valence-corrected chi connectivity index (χ1v) is 6.54. The van der Waals surface area contributed by atoms with Gasteiger partial charge in [-0.25, -0.2) is 0 Å². The lowest BCUT2D eigenvalue weighted by Gasteiger charge is -2.20. The van der Waals surface area contributed by atoms with E-state index in [4.69, 9.17) is 20.3 Å². The van der Waals surface area contributed by atoms with E-state index in [1.165, 1.54) is 0 Å². The van der Waals surface area contributed by atoms with E-state index in [0.717, 1.165) is 24.4 Å². The summed E-state index contributed by atoms with van der Waals surface area (Å²) in [5.41, 5.74) is 6.64. The highest BCUT2D eigenvalue weighted by molar-refractivity contribution is 5.28. The molecule has 0 atom stereocenters. The Labute approximate surface area is 114 Å². The van der Waals surface area contributed by atoms with E-state index in [1.807, 2.05) is 24.3 Å². The van der Waals surface area contributed by atoms with Crippen molar-refractivity contribution in [2.75, 3.05) is 46.6 Å². The smallest absolute Gasteiger partial charge is 0.119 e. The van der Waals surface area contributed by atoms with Gasteiger partial charge in [-0.2, -0.15) is 0 Å². The topological polar surface area (TPSA) is 68.0 Å². The lowest BCUT2D eigenvalue weighted by molar-refractivity contribution is 0.118. The molecule has 5 nitrogen and oxygen atoms in total. The maximum absolute atomic E-state index is 8.98. The van der Waals surface area contributed by atoms with Gasteiger partial charge in [0.05, 0.1) is 13.2 Å². The Morgan fingerprint density at radius 1 is 1.21 bits per heavy atom. The summed E-state index contributed by atoms with van der Waals surface area (Å²) in [5.74, 6) is 0.832. The lowest BCUT2D eigenvalue weighted by Crippen LogP contribution is -2.33. The second-order valence-corrected chi connectivity index (χ2v) is 4.26. The summed E-state index contributed by atoms with van der Waals surface area (Å²) < 4.78 is 10.7. The highest BCUT2D eigenvalue weighted by atomic mass is 16.5. The molecule has 0 bridgehead atoms. The minimum atomic E-state index is 0.145. The molecule has 1 aromatic carbocycles. The normalized spacial score (nSPS) is 10.9. The standard InChI is InChI=1S/C14H24N2O3/c1-18-9-6-16(5-8-17)7-10-19-14-4-2-3-13(11-14)12-15/h2-4,11,17H,5-10,12,15H2,1H3. The molecule has 0 amide bonds. The first-order chi connectivity index (χ1) is 9.30. The summed E-state index contributed by atoms with van der Waals surface area (Å²) in [6.07, 6.45) is 0. The fraction of sp³-hybridized carbons (Fsp3) is 0.571.